The van der Waals surface area contributed by atoms with Gasteiger partial charge in [0.1, 0.15) is 5.69 Å². The molecular formula is C21H20N2O2. The number of hydrogen-bond donors (Lipinski definition) is 0. The summed E-state index contributed by atoms with van der Waals surface area (Å²) >= 11 is 0. The lowest BCUT2D eigenvalue weighted by Gasteiger charge is -2.15. The summed E-state index contributed by atoms with van der Waals surface area (Å²) in [6.45, 7) is 14.1. The summed E-state index contributed by atoms with van der Waals surface area (Å²) < 4.78 is 6.91. The van der Waals surface area contributed by atoms with Crippen LogP contribution in [0.15, 0.2) is 36.4 Å². The van der Waals surface area contributed by atoms with Gasteiger partial charge in [0.15, 0.2) is 5.69 Å². The van der Waals surface area contributed by atoms with Crippen LogP contribution in [0.2, 0.25) is 0 Å². The zero-order valence-corrected chi connectivity index (χ0v) is 14.9. The van der Waals surface area contributed by atoms with Crippen molar-refractivity contribution < 1.29 is 9.53 Å². The Morgan fingerprint density at radius 1 is 1.12 bits per heavy atom. The first-order valence-corrected chi connectivity index (χ1v) is 8.10. The van der Waals surface area contributed by atoms with Crippen molar-refractivity contribution in [3.63, 3.8) is 0 Å². The number of carbonyl (C=O) groups excluding carboxylic acids is 1. The Morgan fingerprint density at radius 3 is 2.40 bits per heavy atom. The van der Waals surface area contributed by atoms with Gasteiger partial charge in [-0.2, -0.15) is 0 Å². The Balaban J connectivity index is 2.23. The topological polar surface area (TPSA) is 35.6 Å². The van der Waals surface area contributed by atoms with Gasteiger partial charge < -0.3 is 9.30 Å². The molecule has 0 aliphatic carbocycles. The molecule has 25 heavy (non-hydrogen) atoms. The molecule has 0 saturated carbocycles. The Hall–Kier alpha value is -3.06. The fourth-order valence-corrected chi connectivity index (χ4v) is 3.37. The van der Waals surface area contributed by atoms with Crippen LogP contribution in [0.3, 0.4) is 0 Å². The molecule has 0 radical (unpaired) electrons. The average Bonchev–Trinajstić information content (AvgIpc) is 2.94. The number of benzene rings is 2. The highest BCUT2D eigenvalue weighted by Crippen LogP contribution is 2.28. The van der Waals surface area contributed by atoms with Crippen LogP contribution in [-0.2, 0) is 11.3 Å². The highest BCUT2D eigenvalue weighted by atomic mass is 16.5. The minimum absolute atomic E-state index is 0.372. The molecule has 0 spiro atoms. The maximum Gasteiger partial charge on any atom is 0.354 e. The minimum atomic E-state index is -0.372. The number of ether oxygens (including phenoxy) is 1. The Labute approximate surface area is 147 Å². The summed E-state index contributed by atoms with van der Waals surface area (Å²) in [6, 6.07) is 11.6. The van der Waals surface area contributed by atoms with Gasteiger partial charge in [0, 0.05) is 12.1 Å². The molecule has 0 unspecified atom stereocenters. The van der Waals surface area contributed by atoms with E-state index in [1.54, 1.807) is 6.07 Å². The summed E-state index contributed by atoms with van der Waals surface area (Å²) in [5.74, 6) is -0.372. The molecule has 3 rings (SSSR count). The van der Waals surface area contributed by atoms with Gasteiger partial charge in [-0.25, -0.2) is 9.64 Å². The first kappa shape index (κ1) is 16.8. The predicted octanol–water partition coefficient (Wildman–Crippen LogP) is 4.95. The first-order valence-electron chi connectivity index (χ1n) is 8.10. The fraction of sp³-hybridized carbons (Fsp3) is 0.238. The van der Waals surface area contributed by atoms with Gasteiger partial charge in [0.05, 0.1) is 13.7 Å². The largest absolute Gasteiger partial charge is 0.464 e. The molecule has 0 atom stereocenters. The van der Waals surface area contributed by atoms with Gasteiger partial charge in [-0.15, -0.1) is 0 Å². The molecule has 126 valence electrons. The third-order valence-electron chi connectivity index (χ3n) is 4.57. The lowest BCUT2D eigenvalue weighted by atomic mass is 9.99. The van der Waals surface area contributed by atoms with E-state index in [0.717, 1.165) is 10.9 Å². The number of esters is 1. The molecular weight excluding hydrogens is 312 g/mol. The van der Waals surface area contributed by atoms with E-state index in [-0.39, 0.29) is 5.97 Å². The Kier molecular flexibility index (Phi) is 4.33. The Bertz CT molecular complexity index is 999. The van der Waals surface area contributed by atoms with Crippen molar-refractivity contribution in [1.82, 2.24) is 4.57 Å². The number of aryl methyl sites for hydroxylation is 3. The molecule has 4 nitrogen and oxygen atoms in total. The van der Waals surface area contributed by atoms with Crippen LogP contribution in [-0.4, -0.2) is 17.6 Å². The predicted molar refractivity (Wildman–Crippen MR) is 99.3 cm³/mol. The molecule has 0 aliphatic heterocycles. The second-order valence-corrected chi connectivity index (χ2v) is 6.34. The molecule has 1 heterocycles. The highest BCUT2D eigenvalue weighted by molar-refractivity contribution is 5.96. The van der Waals surface area contributed by atoms with Gasteiger partial charge in [0.25, 0.3) is 0 Å². The van der Waals surface area contributed by atoms with E-state index in [0.29, 0.717) is 17.9 Å². The molecule has 2 aromatic carbocycles. The second-order valence-electron chi connectivity index (χ2n) is 6.34. The zero-order valence-electron chi connectivity index (χ0n) is 14.9. The summed E-state index contributed by atoms with van der Waals surface area (Å²) in [6.07, 6.45) is 0. The van der Waals surface area contributed by atoms with Crippen molar-refractivity contribution >= 4 is 22.6 Å². The number of fused-ring (bicyclic) bond motifs is 1. The monoisotopic (exact) mass is 332 g/mol. The van der Waals surface area contributed by atoms with Crippen molar-refractivity contribution in [3.05, 3.63) is 75.8 Å². The maximum absolute atomic E-state index is 12.3. The standard InChI is InChI=1S/C21H20N2O2/c1-13-8-14(2)18(15(3)9-13)12-23-19-11-17(22-4)7-6-16(19)10-20(23)21(24)25-5/h6-11H,12H2,1-3,5H3. The number of rotatable bonds is 3. The second kappa shape index (κ2) is 6.45. The summed E-state index contributed by atoms with van der Waals surface area (Å²) in [5.41, 5.74) is 6.71. The van der Waals surface area contributed by atoms with E-state index in [4.69, 9.17) is 11.3 Å². The van der Waals surface area contributed by atoms with E-state index in [1.165, 1.54) is 29.4 Å². The van der Waals surface area contributed by atoms with Gasteiger partial charge in [-0.1, -0.05) is 29.8 Å². The van der Waals surface area contributed by atoms with Crippen molar-refractivity contribution in [2.45, 2.75) is 27.3 Å². The molecule has 0 N–H and O–H groups in total. The zero-order chi connectivity index (χ0) is 18.1. The maximum atomic E-state index is 12.3. The smallest absolute Gasteiger partial charge is 0.354 e. The SMILES string of the molecule is [C-]#[N+]c1ccc2cc(C(=O)OC)n(Cc3c(C)cc(C)cc3C)c2c1. The van der Waals surface area contributed by atoms with Crippen molar-refractivity contribution in [3.8, 4) is 0 Å². The van der Waals surface area contributed by atoms with Gasteiger partial charge in [0.2, 0.25) is 0 Å². The van der Waals surface area contributed by atoms with Gasteiger partial charge >= 0.3 is 5.97 Å². The lowest BCUT2D eigenvalue weighted by molar-refractivity contribution is 0.0589. The van der Waals surface area contributed by atoms with E-state index >= 15 is 0 Å². The lowest BCUT2D eigenvalue weighted by Crippen LogP contribution is -2.12. The highest BCUT2D eigenvalue weighted by Gasteiger charge is 2.18. The summed E-state index contributed by atoms with van der Waals surface area (Å²) in [4.78, 5) is 15.8. The van der Waals surface area contributed by atoms with E-state index in [2.05, 4.69) is 37.7 Å². The van der Waals surface area contributed by atoms with Gasteiger partial charge in [-0.05, 0) is 55.0 Å². The number of methoxy groups -OCH3 is 1. The van der Waals surface area contributed by atoms with E-state index in [1.807, 2.05) is 22.8 Å². The number of nitrogens with zero attached hydrogens (tertiary/aromatic N) is 2. The van der Waals surface area contributed by atoms with E-state index < -0.39 is 0 Å². The average molecular weight is 332 g/mol. The normalized spacial score (nSPS) is 10.7. The van der Waals surface area contributed by atoms with Crippen molar-refractivity contribution in [1.29, 1.82) is 0 Å². The molecule has 0 bridgehead atoms. The van der Waals surface area contributed by atoms with Crippen molar-refractivity contribution in [2.75, 3.05) is 7.11 Å². The molecule has 0 fully saturated rings. The number of carbonyl (C=O) groups is 1. The molecule has 4 heteroatoms. The van der Waals surface area contributed by atoms with Crippen LogP contribution < -0.4 is 0 Å². The molecule has 1 aromatic heterocycles. The quantitative estimate of drug-likeness (QED) is 0.502. The molecule has 3 aromatic rings. The molecule has 0 saturated heterocycles. The fourth-order valence-electron chi connectivity index (χ4n) is 3.37. The van der Waals surface area contributed by atoms with Crippen LogP contribution in [0.4, 0.5) is 5.69 Å². The first-order chi connectivity index (χ1) is 11.9. The summed E-state index contributed by atoms with van der Waals surface area (Å²) in [7, 11) is 1.39. The number of hydrogen-bond acceptors (Lipinski definition) is 2. The van der Waals surface area contributed by atoms with E-state index in [9.17, 15) is 4.79 Å². The van der Waals surface area contributed by atoms with Crippen LogP contribution in [0.1, 0.15) is 32.7 Å². The Morgan fingerprint density at radius 2 is 1.80 bits per heavy atom. The minimum Gasteiger partial charge on any atom is -0.464 e. The van der Waals surface area contributed by atoms with Crippen molar-refractivity contribution in [2.24, 2.45) is 0 Å². The third-order valence-corrected chi connectivity index (χ3v) is 4.57. The molecule has 0 aliphatic rings. The van der Waals surface area contributed by atoms with Crippen LogP contribution >= 0.6 is 0 Å². The molecule has 0 amide bonds. The van der Waals surface area contributed by atoms with Gasteiger partial charge in [-0.3, -0.25) is 0 Å². The van der Waals surface area contributed by atoms with Crippen LogP contribution in [0.5, 0.6) is 0 Å². The van der Waals surface area contributed by atoms with Crippen LogP contribution in [0, 0.1) is 27.3 Å². The van der Waals surface area contributed by atoms with Crippen LogP contribution in [0.25, 0.3) is 15.7 Å². The summed E-state index contributed by atoms with van der Waals surface area (Å²) in [5, 5.41) is 0.926. The third kappa shape index (κ3) is 3.01. The number of aromatic nitrogens is 1.